The monoisotopic (exact) mass is 599 g/mol. The Morgan fingerprint density at radius 3 is 1.62 bits per heavy atom. The third-order valence-electron chi connectivity index (χ3n) is 8.95. The highest BCUT2D eigenvalue weighted by molar-refractivity contribution is 6.23. The van der Waals surface area contributed by atoms with Crippen LogP contribution in [0.5, 0.6) is 0 Å². The van der Waals surface area contributed by atoms with Crippen LogP contribution < -0.4 is 0 Å². The standard InChI is InChI=1S/C44H29N3/c1-4-15-30(16-5-1)39-28-34(29-40(45-39)31-17-6-2-7-18-31)33-21-14-22-35(27-33)47-41-26-13-11-24-37(41)42-36-23-10-12-25-38(36)46-43(44(42)47)32-19-8-3-9-20-32/h1-29H. The molecule has 3 nitrogen and oxygen atoms in total. The molecule has 0 saturated carbocycles. The van der Waals surface area contributed by atoms with Crippen LogP contribution in [0.15, 0.2) is 176 Å². The second kappa shape index (κ2) is 11.2. The van der Waals surface area contributed by atoms with Gasteiger partial charge in [0.05, 0.1) is 33.6 Å². The number of aromatic nitrogens is 3. The Labute approximate surface area is 273 Å². The lowest BCUT2D eigenvalue weighted by Crippen LogP contribution is -1.98. The number of hydrogen-bond acceptors (Lipinski definition) is 2. The van der Waals surface area contributed by atoms with E-state index in [0.717, 1.165) is 72.5 Å². The fourth-order valence-electron chi connectivity index (χ4n) is 6.79. The number of para-hydroxylation sites is 2. The van der Waals surface area contributed by atoms with Crippen LogP contribution in [0.3, 0.4) is 0 Å². The zero-order valence-corrected chi connectivity index (χ0v) is 25.6. The lowest BCUT2D eigenvalue weighted by molar-refractivity contribution is 1.17. The Morgan fingerprint density at radius 2 is 0.936 bits per heavy atom. The van der Waals surface area contributed by atoms with Gasteiger partial charge < -0.3 is 4.57 Å². The minimum Gasteiger partial charge on any atom is -0.307 e. The third-order valence-corrected chi connectivity index (χ3v) is 8.95. The van der Waals surface area contributed by atoms with Gasteiger partial charge in [0.15, 0.2) is 0 Å². The van der Waals surface area contributed by atoms with Crippen LogP contribution >= 0.6 is 0 Å². The van der Waals surface area contributed by atoms with Crippen molar-refractivity contribution in [3.05, 3.63) is 176 Å². The fourth-order valence-corrected chi connectivity index (χ4v) is 6.79. The van der Waals surface area contributed by atoms with Crippen LogP contribution in [0.2, 0.25) is 0 Å². The van der Waals surface area contributed by atoms with E-state index in [1.165, 1.54) is 10.8 Å². The molecule has 3 aromatic heterocycles. The van der Waals surface area contributed by atoms with Gasteiger partial charge in [-0.1, -0.05) is 140 Å². The van der Waals surface area contributed by atoms with E-state index in [0.29, 0.717) is 0 Å². The van der Waals surface area contributed by atoms with Gasteiger partial charge in [0.25, 0.3) is 0 Å². The molecule has 9 rings (SSSR count). The van der Waals surface area contributed by atoms with E-state index in [-0.39, 0.29) is 0 Å². The quantitative estimate of drug-likeness (QED) is 0.197. The molecule has 0 amide bonds. The lowest BCUT2D eigenvalue weighted by Gasteiger charge is -2.15. The number of hydrogen-bond donors (Lipinski definition) is 0. The maximum absolute atomic E-state index is 5.30. The van der Waals surface area contributed by atoms with Gasteiger partial charge in [0.1, 0.15) is 0 Å². The van der Waals surface area contributed by atoms with E-state index < -0.39 is 0 Å². The molecule has 0 fully saturated rings. The molecule has 0 aliphatic carbocycles. The van der Waals surface area contributed by atoms with Gasteiger partial charge in [-0.15, -0.1) is 0 Å². The Bertz CT molecular complexity index is 2490. The third kappa shape index (κ3) is 4.68. The van der Waals surface area contributed by atoms with Crippen molar-refractivity contribution in [3.63, 3.8) is 0 Å². The first-order chi connectivity index (χ1) is 23.3. The SMILES string of the molecule is c1ccc(-c2cc(-c3cccc(-n4c5ccccc5c5c6ccccc6nc(-c6ccccc6)c54)c3)cc(-c3ccccc3)n2)cc1. The summed E-state index contributed by atoms with van der Waals surface area (Å²) in [5, 5.41) is 3.59. The van der Waals surface area contributed by atoms with E-state index in [1.807, 2.05) is 12.1 Å². The predicted octanol–water partition coefficient (Wildman–Crippen LogP) is 11.4. The van der Waals surface area contributed by atoms with Crippen LogP contribution in [0.4, 0.5) is 0 Å². The summed E-state index contributed by atoms with van der Waals surface area (Å²) in [5.74, 6) is 0. The van der Waals surface area contributed by atoms with Gasteiger partial charge in [-0.05, 0) is 47.5 Å². The molecule has 9 aromatic rings. The van der Waals surface area contributed by atoms with Crippen LogP contribution in [0, 0.1) is 0 Å². The fraction of sp³-hybridized carbons (Fsp3) is 0. The van der Waals surface area contributed by atoms with Crippen LogP contribution in [0.25, 0.3) is 83.3 Å². The van der Waals surface area contributed by atoms with E-state index in [4.69, 9.17) is 9.97 Å². The van der Waals surface area contributed by atoms with E-state index in [1.54, 1.807) is 0 Å². The molecule has 6 aromatic carbocycles. The Kier molecular flexibility index (Phi) is 6.46. The average molecular weight is 600 g/mol. The molecule has 0 radical (unpaired) electrons. The summed E-state index contributed by atoms with van der Waals surface area (Å²) in [6, 6.07) is 61.9. The Morgan fingerprint density at radius 1 is 0.383 bits per heavy atom. The number of benzene rings is 6. The summed E-state index contributed by atoms with van der Waals surface area (Å²) in [6.07, 6.45) is 0. The zero-order chi connectivity index (χ0) is 31.2. The summed E-state index contributed by atoms with van der Waals surface area (Å²) in [6.45, 7) is 0. The molecule has 0 atom stereocenters. The molecule has 3 heterocycles. The average Bonchev–Trinajstić information content (AvgIpc) is 3.51. The van der Waals surface area contributed by atoms with Gasteiger partial charge in [0.2, 0.25) is 0 Å². The zero-order valence-electron chi connectivity index (χ0n) is 25.6. The number of nitrogens with zero attached hydrogens (tertiary/aromatic N) is 3. The molecule has 0 bridgehead atoms. The number of pyridine rings is 2. The topological polar surface area (TPSA) is 30.7 Å². The summed E-state index contributed by atoms with van der Waals surface area (Å²) in [4.78, 5) is 10.4. The molecule has 0 saturated heterocycles. The van der Waals surface area contributed by atoms with Gasteiger partial charge in [-0.25, -0.2) is 9.97 Å². The van der Waals surface area contributed by atoms with Crippen molar-refractivity contribution in [2.75, 3.05) is 0 Å². The van der Waals surface area contributed by atoms with Gasteiger partial charge in [0, 0.05) is 38.5 Å². The molecule has 0 N–H and O–H groups in total. The van der Waals surface area contributed by atoms with Crippen LogP contribution in [-0.4, -0.2) is 14.5 Å². The van der Waals surface area contributed by atoms with Crippen molar-refractivity contribution in [1.29, 1.82) is 0 Å². The summed E-state index contributed by atoms with van der Waals surface area (Å²) in [5.41, 5.74) is 12.7. The molecule has 47 heavy (non-hydrogen) atoms. The maximum atomic E-state index is 5.30. The first kappa shape index (κ1) is 27.0. The molecule has 0 aliphatic rings. The number of rotatable bonds is 5. The Balaban J connectivity index is 1.32. The summed E-state index contributed by atoms with van der Waals surface area (Å²) >= 11 is 0. The normalized spacial score (nSPS) is 11.4. The van der Waals surface area contributed by atoms with Crippen molar-refractivity contribution in [1.82, 2.24) is 14.5 Å². The van der Waals surface area contributed by atoms with Gasteiger partial charge in [-0.2, -0.15) is 0 Å². The van der Waals surface area contributed by atoms with Crippen molar-refractivity contribution in [3.8, 4) is 50.6 Å². The van der Waals surface area contributed by atoms with Gasteiger partial charge >= 0.3 is 0 Å². The smallest absolute Gasteiger partial charge is 0.0956 e. The maximum Gasteiger partial charge on any atom is 0.0956 e. The van der Waals surface area contributed by atoms with Crippen molar-refractivity contribution < 1.29 is 0 Å². The minimum absolute atomic E-state index is 0.950. The first-order valence-corrected chi connectivity index (χ1v) is 15.9. The van der Waals surface area contributed by atoms with Crippen molar-refractivity contribution >= 4 is 32.7 Å². The molecule has 3 heteroatoms. The van der Waals surface area contributed by atoms with E-state index in [2.05, 4.69) is 168 Å². The Hall–Kier alpha value is -6.32. The second-order valence-electron chi connectivity index (χ2n) is 11.8. The predicted molar refractivity (Wildman–Crippen MR) is 196 cm³/mol. The second-order valence-corrected chi connectivity index (χ2v) is 11.8. The van der Waals surface area contributed by atoms with Gasteiger partial charge in [-0.3, -0.25) is 0 Å². The molecule has 0 spiro atoms. The summed E-state index contributed by atoms with van der Waals surface area (Å²) in [7, 11) is 0. The highest BCUT2D eigenvalue weighted by atomic mass is 15.0. The molecule has 220 valence electrons. The molecule has 0 aliphatic heterocycles. The van der Waals surface area contributed by atoms with E-state index in [9.17, 15) is 0 Å². The van der Waals surface area contributed by atoms with E-state index >= 15 is 0 Å². The van der Waals surface area contributed by atoms with Crippen molar-refractivity contribution in [2.24, 2.45) is 0 Å². The minimum atomic E-state index is 0.950. The highest BCUT2D eigenvalue weighted by Crippen LogP contribution is 2.41. The summed E-state index contributed by atoms with van der Waals surface area (Å²) < 4.78 is 2.40. The molecular formula is C44H29N3. The van der Waals surface area contributed by atoms with Crippen molar-refractivity contribution in [2.45, 2.75) is 0 Å². The lowest BCUT2D eigenvalue weighted by atomic mass is 9.99. The highest BCUT2D eigenvalue weighted by Gasteiger charge is 2.21. The number of fused-ring (bicyclic) bond motifs is 5. The molecule has 0 unspecified atom stereocenters. The largest absolute Gasteiger partial charge is 0.307 e. The van der Waals surface area contributed by atoms with Crippen LogP contribution in [0.1, 0.15) is 0 Å². The molecular weight excluding hydrogens is 571 g/mol. The van der Waals surface area contributed by atoms with Crippen LogP contribution in [-0.2, 0) is 0 Å². The first-order valence-electron chi connectivity index (χ1n) is 15.9.